The largest absolute Gasteiger partial charge is 0.478 e. The molecular formula is C21H23ClN2O4S. The van der Waals surface area contributed by atoms with E-state index in [-0.39, 0.29) is 27.1 Å². The number of halogens is 1. The van der Waals surface area contributed by atoms with E-state index in [1.807, 2.05) is 18.2 Å². The summed E-state index contributed by atoms with van der Waals surface area (Å²) in [6, 6.07) is 13.9. The van der Waals surface area contributed by atoms with Gasteiger partial charge in [-0.15, -0.1) is 0 Å². The monoisotopic (exact) mass is 434 g/mol. The molecule has 29 heavy (non-hydrogen) atoms. The number of piperidine rings is 1. The van der Waals surface area contributed by atoms with Gasteiger partial charge in [0.1, 0.15) is 0 Å². The lowest BCUT2D eigenvalue weighted by Gasteiger charge is -2.40. The average molecular weight is 435 g/mol. The van der Waals surface area contributed by atoms with E-state index in [0.717, 1.165) is 32.4 Å². The van der Waals surface area contributed by atoms with Crippen LogP contribution in [0.5, 0.6) is 0 Å². The Morgan fingerprint density at radius 1 is 1.21 bits per heavy atom. The van der Waals surface area contributed by atoms with E-state index in [1.165, 1.54) is 23.8 Å². The molecule has 1 saturated carbocycles. The normalized spacial score (nSPS) is 21.2. The highest BCUT2D eigenvalue weighted by Gasteiger charge is 2.51. The number of carboxylic acids is 1. The summed E-state index contributed by atoms with van der Waals surface area (Å²) in [5.74, 6) is -1.32. The van der Waals surface area contributed by atoms with Crippen LogP contribution >= 0.6 is 11.6 Å². The topological polar surface area (TPSA) is 86.7 Å². The minimum atomic E-state index is -3.96. The molecule has 1 saturated heterocycles. The Morgan fingerprint density at radius 3 is 2.59 bits per heavy atom. The zero-order chi connectivity index (χ0) is 20.6. The van der Waals surface area contributed by atoms with Gasteiger partial charge in [-0.1, -0.05) is 41.9 Å². The molecule has 1 heterocycles. The Labute approximate surface area is 175 Å². The summed E-state index contributed by atoms with van der Waals surface area (Å²) in [5.41, 5.74) is 0.981. The Hall–Kier alpha value is -1.93. The fourth-order valence-corrected chi connectivity index (χ4v) is 5.86. The maximum Gasteiger partial charge on any atom is 0.337 e. The molecule has 8 heteroatoms. The van der Waals surface area contributed by atoms with Crippen LogP contribution in [0.15, 0.2) is 53.4 Å². The predicted octanol–water partition coefficient (Wildman–Crippen LogP) is 3.51. The molecule has 0 bridgehead atoms. The van der Waals surface area contributed by atoms with Gasteiger partial charge in [-0.3, -0.25) is 4.90 Å². The van der Waals surface area contributed by atoms with Crippen LogP contribution in [0.3, 0.4) is 0 Å². The first-order valence-corrected chi connectivity index (χ1v) is 11.5. The van der Waals surface area contributed by atoms with Gasteiger partial charge in [0.25, 0.3) is 0 Å². The van der Waals surface area contributed by atoms with Gasteiger partial charge in [-0.25, -0.2) is 17.9 Å². The van der Waals surface area contributed by atoms with Gasteiger partial charge in [-0.05, 0) is 49.4 Å². The van der Waals surface area contributed by atoms with Gasteiger partial charge in [0.2, 0.25) is 10.0 Å². The van der Waals surface area contributed by atoms with Crippen LogP contribution in [0, 0.1) is 0 Å². The van der Waals surface area contributed by atoms with Crippen molar-refractivity contribution >= 4 is 27.6 Å². The first-order chi connectivity index (χ1) is 13.8. The van der Waals surface area contributed by atoms with Gasteiger partial charge >= 0.3 is 5.97 Å². The van der Waals surface area contributed by atoms with Crippen molar-refractivity contribution in [1.82, 2.24) is 9.62 Å². The summed E-state index contributed by atoms with van der Waals surface area (Å²) in [7, 11) is -3.96. The summed E-state index contributed by atoms with van der Waals surface area (Å²) in [6.07, 6.45) is 3.53. The Kier molecular flexibility index (Phi) is 5.42. The van der Waals surface area contributed by atoms with E-state index in [4.69, 9.17) is 11.6 Å². The van der Waals surface area contributed by atoms with E-state index in [9.17, 15) is 18.3 Å². The number of aromatic carboxylic acids is 1. The Bertz CT molecular complexity index is 1020. The predicted molar refractivity (Wildman–Crippen MR) is 111 cm³/mol. The van der Waals surface area contributed by atoms with Crippen LogP contribution in [0.25, 0.3) is 0 Å². The van der Waals surface area contributed by atoms with Crippen LogP contribution in [0.4, 0.5) is 0 Å². The smallest absolute Gasteiger partial charge is 0.337 e. The third-order valence-corrected chi connectivity index (χ3v) is 7.69. The molecule has 2 aromatic carbocycles. The molecule has 0 radical (unpaired) electrons. The SMILES string of the molecule is O=C(O)c1cc(Cl)ccc1S(=O)(=O)N[C@H]1CCN(Cc2ccccc2)C2(CC2)C1. The van der Waals surface area contributed by atoms with E-state index in [1.54, 1.807) is 0 Å². The van der Waals surface area contributed by atoms with Crippen LogP contribution in [-0.4, -0.2) is 42.5 Å². The highest BCUT2D eigenvalue weighted by atomic mass is 35.5. The minimum Gasteiger partial charge on any atom is -0.478 e. The zero-order valence-electron chi connectivity index (χ0n) is 15.8. The lowest BCUT2D eigenvalue weighted by atomic mass is 9.95. The van der Waals surface area contributed by atoms with Crippen LogP contribution in [0.2, 0.25) is 5.02 Å². The van der Waals surface area contributed by atoms with Gasteiger partial charge < -0.3 is 5.11 Å². The molecule has 0 aromatic heterocycles. The number of nitrogens with one attached hydrogen (secondary N) is 1. The van der Waals surface area contributed by atoms with Crippen molar-refractivity contribution in [2.75, 3.05) is 6.54 Å². The second-order valence-electron chi connectivity index (χ2n) is 7.89. The van der Waals surface area contributed by atoms with E-state index in [2.05, 4.69) is 21.8 Å². The molecule has 2 aromatic rings. The summed E-state index contributed by atoms with van der Waals surface area (Å²) < 4.78 is 28.6. The number of carboxylic acid groups (broad SMARTS) is 1. The van der Waals surface area contributed by atoms with Crippen molar-refractivity contribution in [2.24, 2.45) is 0 Å². The quantitative estimate of drug-likeness (QED) is 0.726. The van der Waals surface area contributed by atoms with Crippen molar-refractivity contribution in [3.8, 4) is 0 Å². The van der Waals surface area contributed by atoms with E-state index < -0.39 is 16.0 Å². The second kappa shape index (κ2) is 7.72. The number of nitrogens with zero attached hydrogens (tertiary/aromatic N) is 1. The molecule has 1 aliphatic carbocycles. The molecule has 0 unspecified atom stereocenters. The van der Waals surface area contributed by atoms with Gasteiger partial charge in [-0.2, -0.15) is 0 Å². The average Bonchev–Trinajstić information content (AvgIpc) is 3.44. The van der Waals surface area contributed by atoms with Crippen LogP contribution in [-0.2, 0) is 16.6 Å². The summed E-state index contributed by atoms with van der Waals surface area (Å²) in [5, 5.41) is 9.56. The fourth-order valence-electron chi connectivity index (χ4n) is 4.24. The lowest BCUT2D eigenvalue weighted by molar-refractivity contribution is 0.0692. The van der Waals surface area contributed by atoms with Crippen molar-refractivity contribution in [2.45, 2.75) is 48.7 Å². The molecule has 6 nitrogen and oxygen atoms in total. The first-order valence-electron chi connectivity index (χ1n) is 9.63. The summed E-state index contributed by atoms with van der Waals surface area (Å²) >= 11 is 5.85. The third kappa shape index (κ3) is 4.33. The molecule has 1 aliphatic heterocycles. The number of benzene rings is 2. The van der Waals surface area contributed by atoms with Crippen molar-refractivity contribution in [1.29, 1.82) is 0 Å². The molecule has 2 N–H and O–H groups in total. The van der Waals surface area contributed by atoms with Gasteiger partial charge in [0.05, 0.1) is 10.5 Å². The number of hydrogen-bond acceptors (Lipinski definition) is 4. The molecule has 4 rings (SSSR count). The van der Waals surface area contributed by atoms with Crippen molar-refractivity contribution in [3.63, 3.8) is 0 Å². The van der Waals surface area contributed by atoms with Gasteiger partial charge in [0.15, 0.2) is 0 Å². The first kappa shape index (κ1) is 20.3. The molecular weight excluding hydrogens is 412 g/mol. The maximum atomic E-state index is 12.9. The lowest BCUT2D eigenvalue weighted by Crippen LogP contribution is -2.51. The molecule has 2 fully saturated rings. The van der Waals surface area contributed by atoms with E-state index in [0.29, 0.717) is 6.42 Å². The standard InChI is InChI=1S/C21H23ClN2O4S/c22-16-6-7-19(18(12-16)20(25)26)29(27,28)23-17-8-11-24(21(13-17)9-10-21)14-15-4-2-1-3-5-15/h1-7,12,17,23H,8-11,13-14H2,(H,25,26)/t17-/m0/s1. The number of sulfonamides is 1. The van der Waals surface area contributed by atoms with E-state index >= 15 is 0 Å². The number of likely N-dealkylation sites (tertiary alicyclic amines) is 1. The summed E-state index contributed by atoms with van der Waals surface area (Å²) in [4.78, 5) is 13.7. The number of rotatable bonds is 6. The molecule has 154 valence electrons. The summed E-state index contributed by atoms with van der Waals surface area (Å²) in [6.45, 7) is 1.66. The fraction of sp³-hybridized carbons (Fsp3) is 0.381. The molecule has 1 spiro atoms. The second-order valence-corrected chi connectivity index (χ2v) is 10.0. The van der Waals surface area contributed by atoms with Crippen LogP contribution in [0.1, 0.15) is 41.6 Å². The van der Waals surface area contributed by atoms with Gasteiger partial charge in [0, 0.05) is 29.7 Å². The van der Waals surface area contributed by atoms with Crippen LogP contribution < -0.4 is 4.72 Å². The maximum absolute atomic E-state index is 12.9. The Morgan fingerprint density at radius 2 is 1.93 bits per heavy atom. The molecule has 1 atom stereocenters. The third-order valence-electron chi connectivity index (χ3n) is 5.87. The molecule has 0 amide bonds. The highest BCUT2D eigenvalue weighted by Crippen LogP contribution is 2.49. The number of carbonyl (C=O) groups is 1. The van der Waals surface area contributed by atoms with Crippen molar-refractivity contribution < 1.29 is 18.3 Å². The minimum absolute atomic E-state index is 0.0386. The zero-order valence-corrected chi connectivity index (χ0v) is 17.4. The Balaban J connectivity index is 1.48. The van der Waals surface area contributed by atoms with Crippen molar-refractivity contribution in [3.05, 3.63) is 64.7 Å². The number of hydrogen-bond donors (Lipinski definition) is 2. The molecule has 2 aliphatic rings. The highest BCUT2D eigenvalue weighted by molar-refractivity contribution is 7.89.